The molecule has 118 valence electrons. The van der Waals surface area contributed by atoms with Crippen LogP contribution >= 0.6 is 0 Å². The normalized spacial score (nSPS) is 19.3. The molecule has 2 heterocycles. The van der Waals surface area contributed by atoms with Crippen LogP contribution in [0.25, 0.3) is 11.4 Å². The van der Waals surface area contributed by atoms with Crippen LogP contribution < -0.4 is 4.74 Å². The molecular weight excluding hydrogens is 282 g/mol. The molecule has 1 aliphatic heterocycles. The maximum absolute atomic E-state index is 9.29. The SMILES string of the molecule is COc1cccc(-c2noc(CN3CCCC(CO)C3)n2)c1. The monoisotopic (exact) mass is 303 g/mol. The lowest BCUT2D eigenvalue weighted by molar-refractivity contribution is 0.107. The predicted molar refractivity (Wildman–Crippen MR) is 81.4 cm³/mol. The summed E-state index contributed by atoms with van der Waals surface area (Å²) in [6.45, 7) is 2.77. The van der Waals surface area contributed by atoms with E-state index in [1.807, 2.05) is 24.3 Å². The summed E-state index contributed by atoms with van der Waals surface area (Å²) < 4.78 is 10.6. The Morgan fingerprint density at radius 3 is 3.18 bits per heavy atom. The summed E-state index contributed by atoms with van der Waals surface area (Å²) in [5.74, 6) is 2.31. The highest BCUT2D eigenvalue weighted by Gasteiger charge is 2.21. The van der Waals surface area contributed by atoms with E-state index in [-0.39, 0.29) is 6.61 Å². The minimum atomic E-state index is 0.245. The molecule has 0 saturated carbocycles. The maximum atomic E-state index is 9.29. The Kier molecular flexibility index (Phi) is 4.70. The van der Waals surface area contributed by atoms with Crippen molar-refractivity contribution in [3.05, 3.63) is 30.2 Å². The first kappa shape index (κ1) is 15.0. The molecule has 1 aliphatic rings. The third kappa shape index (κ3) is 3.45. The second-order valence-corrected chi connectivity index (χ2v) is 5.67. The molecule has 1 atom stereocenters. The summed E-state index contributed by atoms with van der Waals surface area (Å²) in [4.78, 5) is 6.72. The summed E-state index contributed by atoms with van der Waals surface area (Å²) in [5.41, 5.74) is 0.876. The van der Waals surface area contributed by atoms with Gasteiger partial charge >= 0.3 is 0 Å². The fourth-order valence-electron chi connectivity index (χ4n) is 2.83. The number of aromatic nitrogens is 2. The van der Waals surface area contributed by atoms with Crippen LogP contribution in [0.2, 0.25) is 0 Å². The first-order valence-electron chi connectivity index (χ1n) is 7.58. The molecule has 0 bridgehead atoms. The van der Waals surface area contributed by atoms with Gasteiger partial charge < -0.3 is 14.4 Å². The third-order valence-electron chi connectivity index (χ3n) is 4.02. The molecule has 1 N–H and O–H groups in total. The van der Waals surface area contributed by atoms with Crippen molar-refractivity contribution in [3.63, 3.8) is 0 Å². The summed E-state index contributed by atoms with van der Waals surface area (Å²) in [5, 5.41) is 13.3. The zero-order chi connectivity index (χ0) is 15.4. The highest BCUT2D eigenvalue weighted by atomic mass is 16.5. The molecule has 0 aliphatic carbocycles. The molecule has 22 heavy (non-hydrogen) atoms. The Bertz CT molecular complexity index is 614. The van der Waals surface area contributed by atoms with Crippen LogP contribution in [0.5, 0.6) is 5.75 Å². The van der Waals surface area contributed by atoms with Crippen LogP contribution in [0, 0.1) is 5.92 Å². The van der Waals surface area contributed by atoms with Crippen LogP contribution in [0.3, 0.4) is 0 Å². The Morgan fingerprint density at radius 1 is 1.45 bits per heavy atom. The van der Waals surface area contributed by atoms with Gasteiger partial charge in [-0.15, -0.1) is 0 Å². The van der Waals surface area contributed by atoms with Crippen molar-refractivity contribution >= 4 is 0 Å². The van der Waals surface area contributed by atoms with E-state index in [1.54, 1.807) is 7.11 Å². The molecule has 1 saturated heterocycles. The van der Waals surface area contributed by atoms with Crippen molar-refractivity contribution < 1.29 is 14.4 Å². The Balaban J connectivity index is 1.68. The first-order valence-corrected chi connectivity index (χ1v) is 7.58. The van der Waals surface area contributed by atoms with E-state index in [1.165, 1.54) is 0 Å². The van der Waals surface area contributed by atoms with Gasteiger partial charge in [-0.3, -0.25) is 4.90 Å². The minimum absolute atomic E-state index is 0.245. The Hall–Kier alpha value is -1.92. The van der Waals surface area contributed by atoms with Gasteiger partial charge in [0.2, 0.25) is 11.7 Å². The molecular formula is C16H21N3O3. The van der Waals surface area contributed by atoms with Gasteiger partial charge in [0.05, 0.1) is 13.7 Å². The van der Waals surface area contributed by atoms with E-state index in [9.17, 15) is 5.11 Å². The van der Waals surface area contributed by atoms with Crippen LogP contribution in [0.1, 0.15) is 18.7 Å². The van der Waals surface area contributed by atoms with Gasteiger partial charge in [-0.05, 0) is 37.4 Å². The number of ether oxygens (including phenoxy) is 1. The van der Waals surface area contributed by atoms with Crippen molar-refractivity contribution in [2.24, 2.45) is 5.92 Å². The van der Waals surface area contributed by atoms with Crippen LogP contribution in [-0.4, -0.2) is 47.0 Å². The highest BCUT2D eigenvalue weighted by Crippen LogP contribution is 2.22. The molecule has 1 fully saturated rings. The summed E-state index contributed by atoms with van der Waals surface area (Å²) in [7, 11) is 1.63. The fraction of sp³-hybridized carbons (Fsp3) is 0.500. The quantitative estimate of drug-likeness (QED) is 0.910. The lowest BCUT2D eigenvalue weighted by Gasteiger charge is -2.30. The van der Waals surface area contributed by atoms with Gasteiger partial charge in [0.15, 0.2) is 0 Å². The molecule has 0 radical (unpaired) electrons. The van der Waals surface area contributed by atoms with Gasteiger partial charge in [0, 0.05) is 18.7 Å². The number of hydrogen-bond donors (Lipinski definition) is 1. The smallest absolute Gasteiger partial charge is 0.241 e. The third-order valence-corrected chi connectivity index (χ3v) is 4.02. The number of aliphatic hydroxyl groups excluding tert-OH is 1. The molecule has 1 aromatic heterocycles. The molecule has 3 rings (SSSR count). The lowest BCUT2D eigenvalue weighted by Crippen LogP contribution is -2.36. The Labute approximate surface area is 129 Å². The van der Waals surface area contributed by atoms with Gasteiger partial charge in [0.1, 0.15) is 5.75 Å². The number of hydrogen-bond acceptors (Lipinski definition) is 6. The van der Waals surface area contributed by atoms with Crippen LogP contribution in [0.15, 0.2) is 28.8 Å². The molecule has 1 unspecified atom stereocenters. The summed E-state index contributed by atoms with van der Waals surface area (Å²) >= 11 is 0. The molecule has 0 amide bonds. The minimum Gasteiger partial charge on any atom is -0.497 e. The molecule has 1 aromatic carbocycles. The zero-order valence-electron chi connectivity index (χ0n) is 12.7. The van der Waals surface area contributed by atoms with Crippen LogP contribution in [-0.2, 0) is 6.54 Å². The van der Waals surface area contributed by atoms with Gasteiger partial charge in [-0.25, -0.2) is 0 Å². The average Bonchev–Trinajstić information content (AvgIpc) is 3.03. The van der Waals surface area contributed by atoms with Gasteiger partial charge in [0.25, 0.3) is 0 Å². The molecule has 2 aromatic rings. The Morgan fingerprint density at radius 2 is 2.36 bits per heavy atom. The number of likely N-dealkylation sites (tertiary alicyclic amines) is 1. The largest absolute Gasteiger partial charge is 0.497 e. The van der Waals surface area contributed by atoms with Gasteiger partial charge in [-0.2, -0.15) is 4.98 Å². The fourth-order valence-corrected chi connectivity index (χ4v) is 2.83. The first-order chi connectivity index (χ1) is 10.8. The number of nitrogens with zero attached hydrogens (tertiary/aromatic N) is 3. The standard InChI is InChI=1S/C16H21N3O3/c1-21-14-6-2-5-13(8-14)16-17-15(22-18-16)10-19-7-3-4-12(9-19)11-20/h2,5-6,8,12,20H,3-4,7,9-11H2,1H3. The van der Waals surface area contributed by atoms with Crippen molar-refractivity contribution in [1.29, 1.82) is 0 Å². The number of aliphatic hydroxyl groups is 1. The second kappa shape index (κ2) is 6.89. The molecule has 6 heteroatoms. The van der Waals surface area contributed by atoms with E-state index < -0.39 is 0 Å². The van der Waals surface area contributed by atoms with Crippen molar-refractivity contribution in [2.45, 2.75) is 19.4 Å². The van der Waals surface area contributed by atoms with E-state index in [0.29, 0.717) is 24.2 Å². The number of piperidine rings is 1. The number of rotatable bonds is 5. The predicted octanol–water partition coefficient (Wildman–Crippen LogP) is 1.95. The number of benzene rings is 1. The zero-order valence-corrected chi connectivity index (χ0v) is 12.7. The maximum Gasteiger partial charge on any atom is 0.241 e. The number of methoxy groups -OCH3 is 1. The molecule has 0 spiro atoms. The van der Waals surface area contributed by atoms with E-state index >= 15 is 0 Å². The molecule has 6 nitrogen and oxygen atoms in total. The average molecular weight is 303 g/mol. The van der Waals surface area contributed by atoms with E-state index in [4.69, 9.17) is 9.26 Å². The van der Waals surface area contributed by atoms with Crippen molar-refractivity contribution in [2.75, 3.05) is 26.8 Å². The van der Waals surface area contributed by atoms with Gasteiger partial charge in [-0.1, -0.05) is 17.3 Å². The van der Waals surface area contributed by atoms with Crippen molar-refractivity contribution in [3.8, 4) is 17.1 Å². The van der Waals surface area contributed by atoms with E-state index in [0.717, 1.165) is 37.2 Å². The van der Waals surface area contributed by atoms with E-state index in [2.05, 4.69) is 15.0 Å². The lowest BCUT2D eigenvalue weighted by atomic mass is 9.99. The highest BCUT2D eigenvalue weighted by molar-refractivity contribution is 5.56. The topological polar surface area (TPSA) is 71.6 Å². The van der Waals surface area contributed by atoms with Crippen LogP contribution in [0.4, 0.5) is 0 Å². The van der Waals surface area contributed by atoms with Crippen molar-refractivity contribution in [1.82, 2.24) is 15.0 Å². The second-order valence-electron chi connectivity index (χ2n) is 5.67. The summed E-state index contributed by atoms with van der Waals surface area (Å²) in [6.07, 6.45) is 2.19. The summed E-state index contributed by atoms with van der Waals surface area (Å²) in [6, 6.07) is 7.60.